The average Bonchev–Trinajstić information content (AvgIpc) is 3.26. The van der Waals surface area contributed by atoms with Crippen molar-refractivity contribution in [3.8, 4) is 5.75 Å². The normalized spacial score (nSPS) is 21.5. The Labute approximate surface area is 195 Å². The fraction of sp³-hybridized carbons (Fsp3) is 0.261. The molecule has 9 heteroatoms. The number of ether oxygens (including phenoxy) is 2. The molecule has 3 heterocycles. The highest BCUT2D eigenvalue weighted by atomic mass is 32.2. The number of benzene rings is 2. The predicted octanol–water partition coefficient (Wildman–Crippen LogP) is 3.11. The SMILES string of the molecule is COc1ccc(N2C(=O)/C(=C3/C(=O)N(CN4CCOCC4)c4ccccc43)SC2=S)cc1. The molecular formula is C23H21N3O4S2. The van der Waals surface area contributed by atoms with Crippen LogP contribution in [-0.2, 0) is 14.3 Å². The summed E-state index contributed by atoms with van der Waals surface area (Å²) in [7, 11) is 1.59. The van der Waals surface area contributed by atoms with Crippen molar-refractivity contribution < 1.29 is 19.1 Å². The van der Waals surface area contributed by atoms with Crippen molar-refractivity contribution in [3.05, 3.63) is 59.0 Å². The molecule has 0 bridgehead atoms. The Bertz CT molecular complexity index is 1130. The van der Waals surface area contributed by atoms with E-state index in [0.29, 0.717) is 46.1 Å². The van der Waals surface area contributed by atoms with E-state index in [9.17, 15) is 9.59 Å². The van der Waals surface area contributed by atoms with Gasteiger partial charge in [0.1, 0.15) is 5.75 Å². The van der Waals surface area contributed by atoms with Gasteiger partial charge in [0.2, 0.25) is 0 Å². The summed E-state index contributed by atoms with van der Waals surface area (Å²) >= 11 is 6.70. The Morgan fingerprint density at radius 2 is 1.75 bits per heavy atom. The summed E-state index contributed by atoms with van der Waals surface area (Å²) in [4.78, 5) is 32.8. The lowest BCUT2D eigenvalue weighted by atomic mass is 10.1. The lowest BCUT2D eigenvalue weighted by molar-refractivity contribution is -0.115. The molecule has 0 aliphatic carbocycles. The van der Waals surface area contributed by atoms with Crippen LogP contribution in [0.3, 0.4) is 0 Å². The molecule has 164 valence electrons. The van der Waals surface area contributed by atoms with E-state index in [0.717, 1.165) is 24.3 Å². The monoisotopic (exact) mass is 467 g/mol. The molecule has 2 amide bonds. The number of methoxy groups -OCH3 is 1. The van der Waals surface area contributed by atoms with E-state index in [-0.39, 0.29) is 11.8 Å². The molecule has 0 atom stereocenters. The lowest BCUT2D eigenvalue weighted by Crippen LogP contribution is -2.45. The lowest BCUT2D eigenvalue weighted by Gasteiger charge is -2.30. The summed E-state index contributed by atoms with van der Waals surface area (Å²) in [5.41, 5.74) is 2.64. The van der Waals surface area contributed by atoms with Gasteiger partial charge in [0.05, 0.1) is 48.8 Å². The second-order valence-corrected chi connectivity index (χ2v) is 9.18. The van der Waals surface area contributed by atoms with Crippen LogP contribution in [0.25, 0.3) is 5.57 Å². The van der Waals surface area contributed by atoms with Crippen molar-refractivity contribution >= 4 is 57.1 Å². The third-order valence-corrected chi connectivity index (χ3v) is 7.07. The average molecular weight is 468 g/mol. The summed E-state index contributed by atoms with van der Waals surface area (Å²) in [6.07, 6.45) is 0. The molecule has 2 fully saturated rings. The molecule has 5 rings (SSSR count). The van der Waals surface area contributed by atoms with Crippen molar-refractivity contribution in [1.29, 1.82) is 0 Å². The summed E-state index contributed by atoms with van der Waals surface area (Å²) in [5, 5.41) is 0. The number of rotatable bonds is 4. The molecule has 0 radical (unpaired) electrons. The van der Waals surface area contributed by atoms with Crippen molar-refractivity contribution in [3.63, 3.8) is 0 Å². The molecule has 0 unspecified atom stereocenters. The highest BCUT2D eigenvalue weighted by molar-refractivity contribution is 8.27. The number of nitrogens with zero attached hydrogens (tertiary/aromatic N) is 3. The number of hydrogen-bond acceptors (Lipinski definition) is 7. The number of carbonyl (C=O) groups excluding carboxylic acids is 2. The van der Waals surface area contributed by atoms with Crippen molar-refractivity contribution in [1.82, 2.24) is 4.90 Å². The molecule has 3 aliphatic heterocycles. The summed E-state index contributed by atoms with van der Waals surface area (Å²) in [6, 6.07) is 14.7. The van der Waals surface area contributed by atoms with Crippen molar-refractivity contribution in [2.75, 3.05) is 49.9 Å². The van der Waals surface area contributed by atoms with Gasteiger partial charge in [-0.3, -0.25) is 24.3 Å². The first kappa shape index (κ1) is 21.1. The van der Waals surface area contributed by atoms with Gasteiger partial charge in [0.25, 0.3) is 11.8 Å². The van der Waals surface area contributed by atoms with E-state index in [2.05, 4.69) is 4.90 Å². The Hall–Kier alpha value is -2.72. The molecule has 3 aliphatic rings. The van der Waals surface area contributed by atoms with Crippen LogP contribution < -0.4 is 14.5 Å². The number of hydrogen-bond donors (Lipinski definition) is 0. The number of amides is 2. The van der Waals surface area contributed by atoms with Crippen LogP contribution in [0.2, 0.25) is 0 Å². The molecule has 0 spiro atoms. The molecular weight excluding hydrogens is 446 g/mol. The number of thiocarbonyl (C=S) groups is 1. The largest absolute Gasteiger partial charge is 0.497 e. The zero-order valence-corrected chi connectivity index (χ0v) is 19.1. The summed E-state index contributed by atoms with van der Waals surface area (Å²) < 4.78 is 11.0. The fourth-order valence-electron chi connectivity index (χ4n) is 4.06. The van der Waals surface area contributed by atoms with Crippen LogP contribution in [0.15, 0.2) is 53.4 Å². The Kier molecular flexibility index (Phi) is 5.73. The molecule has 0 N–H and O–H groups in total. The summed E-state index contributed by atoms with van der Waals surface area (Å²) in [6.45, 7) is 3.29. The molecule has 2 aromatic rings. The highest BCUT2D eigenvalue weighted by Gasteiger charge is 2.42. The zero-order chi connectivity index (χ0) is 22.2. The van der Waals surface area contributed by atoms with E-state index >= 15 is 0 Å². The van der Waals surface area contributed by atoms with Crippen LogP contribution >= 0.6 is 24.0 Å². The van der Waals surface area contributed by atoms with Gasteiger partial charge < -0.3 is 9.47 Å². The molecule has 2 aromatic carbocycles. The van der Waals surface area contributed by atoms with Crippen LogP contribution in [-0.4, -0.2) is 61.1 Å². The van der Waals surface area contributed by atoms with Crippen LogP contribution in [0.1, 0.15) is 5.56 Å². The second kappa shape index (κ2) is 8.67. The van der Waals surface area contributed by atoms with Gasteiger partial charge in [-0.2, -0.15) is 0 Å². The van der Waals surface area contributed by atoms with E-state index in [1.54, 1.807) is 36.3 Å². The van der Waals surface area contributed by atoms with Crippen molar-refractivity contribution in [2.24, 2.45) is 0 Å². The topological polar surface area (TPSA) is 62.3 Å². The second-order valence-electron chi connectivity index (χ2n) is 7.53. The Morgan fingerprint density at radius 3 is 2.47 bits per heavy atom. The van der Waals surface area contributed by atoms with Gasteiger partial charge in [-0.15, -0.1) is 0 Å². The zero-order valence-electron chi connectivity index (χ0n) is 17.4. The third kappa shape index (κ3) is 3.61. The predicted molar refractivity (Wildman–Crippen MR) is 129 cm³/mol. The van der Waals surface area contributed by atoms with Crippen LogP contribution in [0.5, 0.6) is 5.75 Å². The molecule has 7 nitrogen and oxygen atoms in total. The van der Waals surface area contributed by atoms with Gasteiger partial charge in [-0.1, -0.05) is 42.2 Å². The maximum absolute atomic E-state index is 13.6. The number of thioether (sulfide) groups is 1. The first-order valence-corrected chi connectivity index (χ1v) is 11.5. The minimum atomic E-state index is -0.281. The van der Waals surface area contributed by atoms with Crippen LogP contribution in [0.4, 0.5) is 11.4 Å². The number of para-hydroxylation sites is 1. The molecule has 2 saturated heterocycles. The standard InChI is InChI=1S/C23H21N3O4S2/c1-29-16-8-6-15(7-9-16)26-22(28)20(32-23(26)31)19-17-4-2-3-5-18(17)25(21(19)27)14-24-10-12-30-13-11-24/h2-9H,10-14H2,1H3/b20-19-. The van der Waals surface area contributed by atoms with E-state index < -0.39 is 0 Å². The quantitative estimate of drug-likeness (QED) is 0.506. The van der Waals surface area contributed by atoms with Gasteiger partial charge >= 0.3 is 0 Å². The van der Waals surface area contributed by atoms with Gasteiger partial charge in [0, 0.05) is 18.7 Å². The van der Waals surface area contributed by atoms with E-state index in [1.165, 1.54) is 16.7 Å². The minimum Gasteiger partial charge on any atom is -0.497 e. The maximum atomic E-state index is 13.6. The first-order valence-electron chi connectivity index (χ1n) is 10.2. The van der Waals surface area contributed by atoms with Crippen molar-refractivity contribution in [2.45, 2.75) is 0 Å². The number of fused-ring (bicyclic) bond motifs is 1. The van der Waals surface area contributed by atoms with Gasteiger partial charge in [0.15, 0.2) is 4.32 Å². The smallest absolute Gasteiger partial charge is 0.271 e. The number of carbonyl (C=O) groups is 2. The van der Waals surface area contributed by atoms with Gasteiger partial charge in [-0.25, -0.2) is 0 Å². The first-order chi connectivity index (χ1) is 15.6. The molecule has 0 saturated carbocycles. The number of anilines is 2. The van der Waals surface area contributed by atoms with E-state index in [1.807, 2.05) is 24.3 Å². The maximum Gasteiger partial charge on any atom is 0.271 e. The van der Waals surface area contributed by atoms with E-state index in [4.69, 9.17) is 21.7 Å². The Balaban J connectivity index is 1.51. The third-order valence-electron chi connectivity index (χ3n) is 5.70. The van der Waals surface area contributed by atoms with Gasteiger partial charge in [-0.05, 0) is 30.3 Å². The summed E-state index contributed by atoms with van der Waals surface area (Å²) in [5.74, 6) is 0.237. The Morgan fingerprint density at radius 1 is 1.03 bits per heavy atom. The fourth-order valence-corrected chi connectivity index (χ4v) is 5.43. The minimum absolute atomic E-state index is 0.173. The molecule has 0 aromatic heterocycles. The number of morpholine rings is 1. The molecule has 32 heavy (non-hydrogen) atoms. The van der Waals surface area contributed by atoms with Crippen LogP contribution in [0, 0.1) is 0 Å². The highest BCUT2D eigenvalue weighted by Crippen LogP contribution is 2.45.